The van der Waals surface area contributed by atoms with Gasteiger partial charge in [0.15, 0.2) is 5.82 Å². The van der Waals surface area contributed by atoms with Crippen LogP contribution in [-0.2, 0) is 30.8 Å². The maximum Gasteiger partial charge on any atom is 0.345 e. The summed E-state index contributed by atoms with van der Waals surface area (Å²) in [4.78, 5) is 34.5. The summed E-state index contributed by atoms with van der Waals surface area (Å²) in [6.07, 6.45) is 1.94. The van der Waals surface area contributed by atoms with Crippen LogP contribution < -0.4 is 14.2 Å². The lowest BCUT2D eigenvalue weighted by Gasteiger charge is -2.34. The summed E-state index contributed by atoms with van der Waals surface area (Å²) in [5, 5.41) is 43.8. The zero-order valence-electron chi connectivity index (χ0n) is 34.2. The van der Waals surface area contributed by atoms with E-state index in [0.29, 0.717) is 94.6 Å². The largest absolute Gasteiger partial charge is 0.506 e. The molecule has 10 rings (SSSR count). The monoisotopic (exact) mass is 904 g/mol. The molecule has 4 aromatic carbocycles. The van der Waals surface area contributed by atoms with Crippen molar-refractivity contribution in [3.63, 3.8) is 0 Å². The zero-order chi connectivity index (χ0) is 44.3. The lowest BCUT2D eigenvalue weighted by atomic mass is 9.98. The van der Waals surface area contributed by atoms with Gasteiger partial charge in [-0.05, 0) is 71.5 Å². The third kappa shape index (κ3) is 9.33. The molecule has 7 aromatic rings. The summed E-state index contributed by atoms with van der Waals surface area (Å²) >= 11 is 8.23. The van der Waals surface area contributed by atoms with Crippen molar-refractivity contribution in [2.45, 2.75) is 44.7 Å². The quantitative estimate of drug-likeness (QED) is 0.110. The van der Waals surface area contributed by atoms with Crippen LogP contribution in [0.25, 0.3) is 43.2 Å². The molecule has 4 bridgehead atoms. The summed E-state index contributed by atoms with van der Waals surface area (Å²) in [6, 6.07) is 23.9. The van der Waals surface area contributed by atoms with E-state index in [2.05, 4.69) is 19.9 Å². The van der Waals surface area contributed by atoms with E-state index in [9.17, 15) is 29.7 Å². The second-order valence-electron chi connectivity index (χ2n) is 15.6. The number of rotatable bonds is 9. The van der Waals surface area contributed by atoms with Gasteiger partial charge in [0.05, 0.1) is 17.7 Å². The molecule has 4 N–H and O–H groups in total. The van der Waals surface area contributed by atoms with Gasteiger partial charge < -0.3 is 34.7 Å². The van der Waals surface area contributed by atoms with Crippen molar-refractivity contribution in [2.75, 3.05) is 32.7 Å². The molecular formula is C47H42ClFN6O8S. The number of fused-ring (bicyclic) bond motifs is 7. The molecule has 0 spiro atoms. The number of benzene rings is 4. The highest BCUT2D eigenvalue weighted by atomic mass is 35.5. The lowest BCUT2D eigenvalue weighted by molar-refractivity contribution is -0.145. The number of carboxylic acid groups (broad SMARTS) is 1. The number of hydroxylamine groups is 2. The van der Waals surface area contributed by atoms with Gasteiger partial charge in [0.25, 0.3) is 0 Å². The Kier molecular flexibility index (Phi) is 12.7. The van der Waals surface area contributed by atoms with Gasteiger partial charge in [-0.25, -0.2) is 29.1 Å². The number of nitrogens with zero attached hydrogens (tertiary/aromatic N) is 6. The number of hydrogen-bond donors (Lipinski definition) is 4. The number of ether oxygens (including phenoxy) is 3. The fourth-order valence-electron chi connectivity index (χ4n) is 7.93. The van der Waals surface area contributed by atoms with Crippen LogP contribution in [0, 0.1) is 5.82 Å². The summed E-state index contributed by atoms with van der Waals surface area (Å²) in [5.41, 5.74) is 4.88. The van der Waals surface area contributed by atoms with Gasteiger partial charge >= 0.3 is 5.97 Å². The molecule has 0 saturated carbocycles. The summed E-state index contributed by atoms with van der Waals surface area (Å²) in [6.45, 7) is 2.67. The molecule has 2 atom stereocenters. The van der Waals surface area contributed by atoms with Crippen molar-refractivity contribution in [2.24, 2.45) is 0 Å². The van der Waals surface area contributed by atoms with E-state index in [1.165, 1.54) is 34.9 Å². The van der Waals surface area contributed by atoms with Crippen LogP contribution in [0.3, 0.4) is 0 Å². The molecule has 64 heavy (non-hydrogen) atoms. The Morgan fingerprint density at radius 1 is 0.938 bits per heavy atom. The van der Waals surface area contributed by atoms with Crippen LogP contribution in [0.1, 0.15) is 28.8 Å². The number of aromatic nitrogens is 4. The van der Waals surface area contributed by atoms with Crippen LogP contribution in [0.2, 0.25) is 5.02 Å². The number of hydrogen-bond acceptors (Lipinski definition) is 14. The highest BCUT2D eigenvalue weighted by Gasteiger charge is 2.30. The number of aliphatic hydroxyl groups is 1. The number of aliphatic carboxylic acids is 1. The molecule has 3 aromatic heterocycles. The molecule has 0 unspecified atom stereocenters. The number of piperazine rings is 1. The number of aromatic hydroxyl groups is 1. The molecule has 0 radical (unpaired) electrons. The molecule has 1 saturated heterocycles. The fraction of sp³-hybridized carbons (Fsp3) is 0.255. The van der Waals surface area contributed by atoms with Gasteiger partial charge in [-0.1, -0.05) is 60.1 Å². The van der Waals surface area contributed by atoms with Gasteiger partial charge in [0, 0.05) is 66.9 Å². The van der Waals surface area contributed by atoms with Gasteiger partial charge in [0.1, 0.15) is 52.0 Å². The average Bonchev–Trinajstić information content (AvgIpc) is 3.70. The number of phenolic OH excluding ortho intramolecular Hbond substituents is 1. The number of thiophene rings is 1. The molecule has 0 amide bonds. The van der Waals surface area contributed by atoms with E-state index in [-0.39, 0.29) is 47.6 Å². The maximum absolute atomic E-state index is 14.2. The third-order valence-electron chi connectivity index (χ3n) is 11.3. The molecule has 1 fully saturated rings. The van der Waals surface area contributed by atoms with Crippen molar-refractivity contribution in [1.29, 1.82) is 0 Å². The number of carboxylic acids is 1. The van der Waals surface area contributed by atoms with E-state index in [4.69, 9.17) is 30.8 Å². The number of aryl methyl sites for hydroxylation is 1. The first-order chi connectivity index (χ1) is 31.1. The van der Waals surface area contributed by atoms with Crippen molar-refractivity contribution in [3.8, 4) is 56.1 Å². The topological polar surface area (TPSA) is 184 Å². The van der Waals surface area contributed by atoms with E-state index in [1.807, 2.05) is 30.3 Å². The first-order valence-corrected chi connectivity index (χ1v) is 21.8. The predicted molar refractivity (Wildman–Crippen MR) is 237 cm³/mol. The molecular weight excluding hydrogens is 863 g/mol. The molecule has 0 aliphatic carbocycles. The van der Waals surface area contributed by atoms with Crippen LogP contribution in [-0.4, -0.2) is 101 Å². The van der Waals surface area contributed by atoms with E-state index in [0.717, 1.165) is 16.7 Å². The molecule has 328 valence electrons. The first kappa shape index (κ1) is 43.0. The predicted octanol–water partition coefficient (Wildman–Crippen LogP) is 7.83. The Morgan fingerprint density at radius 3 is 2.48 bits per heavy atom. The SMILES string of the molecule is O=C(O)[C@H]1Cc2cc(ccc2OCc2ccnc(-c3ccc(CO)cc3)n2)CC[C@@H](CN2CCN(O)CC2)Oc2ccc(c(O)c2Cl)-c2c(-c3ccc(F)cc3)sc3ncnc(c23)O1. The Hall–Kier alpha value is -6.27. The summed E-state index contributed by atoms with van der Waals surface area (Å²) < 4.78 is 33.6. The minimum atomic E-state index is -1.47. The fourth-order valence-corrected chi connectivity index (χ4v) is 9.29. The lowest BCUT2D eigenvalue weighted by Crippen LogP contribution is -2.48. The van der Waals surface area contributed by atoms with E-state index >= 15 is 0 Å². The van der Waals surface area contributed by atoms with Crippen molar-refractivity contribution >= 4 is 39.1 Å². The second kappa shape index (κ2) is 18.8. The molecule has 6 heterocycles. The smallest absolute Gasteiger partial charge is 0.345 e. The Morgan fingerprint density at radius 2 is 1.72 bits per heavy atom. The molecule has 3 aliphatic heterocycles. The third-order valence-corrected chi connectivity index (χ3v) is 12.8. The van der Waals surface area contributed by atoms with Crippen LogP contribution in [0.5, 0.6) is 23.1 Å². The van der Waals surface area contributed by atoms with Crippen LogP contribution >= 0.6 is 22.9 Å². The molecule has 14 nitrogen and oxygen atoms in total. The number of halogens is 2. The van der Waals surface area contributed by atoms with Gasteiger partial charge in [-0.3, -0.25) is 4.90 Å². The van der Waals surface area contributed by atoms with Crippen LogP contribution in [0.4, 0.5) is 4.39 Å². The highest BCUT2D eigenvalue weighted by molar-refractivity contribution is 7.22. The summed E-state index contributed by atoms with van der Waals surface area (Å²) in [7, 11) is 0. The highest BCUT2D eigenvalue weighted by Crippen LogP contribution is 2.52. The Labute approximate surface area is 375 Å². The van der Waals surface area contributed by atoms with E-state index in [1.54, 1.807) is 48.7 Å². The van der Waals surface area contributed by atoms with Crippen molar-refractivity contribution in [3.05, 3.63) is 131 Å². The minimum absolute atomic E-state index is 0.0293. The van der Waals surface area contributed by atoms with Gasteiger partial charge in [0.2, 0.25) is 12.0 Å². The number of aliphatic hydroxyl groups excluding tert-OH is 1. The minimum Gasteiger partial charge on any atom is -0.506 e. The second-order valence-corrected chi connectivity index (χ2v) is 17.0. The Bertz CT molecular complexity index is 2810. The van der Waals surface area contributed by atoms with Crippen LogP contribution in [0.15, 0.2) is 97.5 Å². The molecule has 3 aliphatic rings. The number of carbonyl (C=O) groups is 1. The van der Waals surface area contributed by atoms with Crippen molar-refractivity contribution in [1.82, 2.24) is 29.9 Å². The number of phenols is 1. The zero-order valence-corrected chi connectivity index (χ0v) is 35.8. The van der Waals surface area contributed by atoms with E-state index < -0.39 is 24.0 Å². The first-order valence-electron chi connectivity index (χ1n) is 20.6. The molecule has 17 heteroatoms. The Balaban J connectivity index is 1.13. The standard InChI is InChI=1S/C47H42ClFN6O8S/c48-41-37-14-12-35(42(41)57)39-40-45(51-26-52-46(40)64-43(39)29-7-9-32(49)10-8-29)63-38(47(58)59)22-31-21-27(3-11-34(62-37)23-54-17-19-55(60)20-18-54)4-13-36(31)61-25-33-15-16-50-44(53-33)30-5-1-28(24-56)2-6-30/h1-2,4-10,12-16,21,26,34,38,56-57,60H,3,11,17-20,22-25H2,(H,58,59)/t34-,38+/m0/s1. The normalized spacial score (nSPS) is 17.1. The summed E-state index contributed by atoms with van der Waals surface area (Å²) in [5.74, 6) is -0.843. The maximum atomic E-state index is 14.2. The van der Waals surface area contributed by atoms with Gasteiger partial charge in [-0.15, -0.1) is 11.3 Å². The van der Waals surface area contributed by atoms with Crippen molar-refractivity contribution < 1.29 is 43.9 Å². The average molecular weight is 905 g/mol. The van der Waals surface area contributed by atoms with Gasteiger partial charge in [-0.2, -0.15) is 5.06 Å².